The Balaban J connectivity index is 1.85. The Kier molecular flexibility index (Phi) is 4.44. The molecular formula is C17H18N6. The Labute approximate surface area is 134 Å². The second kappa shape index (κ2) is 6.85. The van der Waals surface area contributed by atoms with E-state index in [1.54, 1.807) is 0 Å². The Hall–Kier alpha value is -2.99. The fraction of sp³-hybridized carbons (Fsp3) is 0.118. The number of hydrogen-bond acceptors (Lipinski definition) is 6. The first kappa shape index (κ1) is 14.9. The molecule has 6 nitrogen and oxygen atoms in total. The van der Waals surface area contributed by atoms with Crippen LogP contribution in [0.2, 0.25) is 0 Å². The van der Waals surface area contributed by atoms with Crippen molar-refractivity contribution in [3.63, 3.8) is 0 Å². The third-order valence-electron chi connectivity index (χ3n) is 3.45. The van der Waals surface area contributed by atoms with Crippen LogP contribution in [0.25, 0.3) is 0 Å². The first-order chi connectivity index (χ1) is 11.2. The number of nitrogens with zero attached hydrogens (tertiary/aromatic N) is 3. The topological polar surface area (TPSA) is 103 Å². The summed E-state index contributed by atoms with van der Waals surface area (Å²) in [6, 6.07) is 20.4. The van der Waals surface area contributed by atoms with Crippen LogP contribution in [0.4, 0.5) is 11.9 Å². The van der Waals surface area contributed by atoms with Crippen molar-refractivity contribution in [2.45, 2.75) is 12.6 Å². The average molecular weight is 306 g/mol. The zero-order valence-corrected chi connectivity index (χ0v) is 12.6. The largest absolute Gasteiger partial charge is 0.368 e. The van der Waals surface area contributed by atoms with Gasteiger partial charge in [-0.1, -0.05) is 60.7 Å². The molecule has 0 aliphatic rings. The second-order valence-corrected chi connectivity index (χ2v) is 5.10. The summed E-state index contributed by atoms with van der Waals surface area (Å²) in [5, 5.41) is 3.46. The summed E-state index contributed by atoms with van der Waals surface area (Å²) in [6.45, 7) is 0.436. The van der Waals surface area contributed by atoms with E-state index in [0.717, 1.165) is 11.1 Å². The number of hydrogen-bond donors (Lipinski definition) is 3. The number of nitrogen functional groups attached to an aromatic ring is 2. The summed E-state index contributed by atoms with van der Waals surface area (Å²) in [4.78, 5) is 12.0. The molecule has 23 heavy (non-hydrogen) atoms. The van der Waals surface area contributed by atoms with Gasteiger partial charge in [0, 0.05) is 0 Å². The number of anilines is 2. The third kappa shape index (κ3) is 3.81. The molecule has 6 heteroatoms. The van der Waals surface area contributed by atoms with Crippen LogP contribution >= 0.6 is 0 Å². The standard InChI is InChI=1S/C17H18N6/c18-16-21-14(22-17(19)23-16)11-20-15(12-7-3-1-4-8-12)13-9-5-2-6-10-13/h1-10,15,20H,11H2,(H4,18,19,21,22,23). The molecule has 0 aliphatic heterocycles. The fourth-order valence-electron chi connectivity index (χ4n) is 2.45. The molecule has 0 radical (unpaired) electrons. The smallest absolute Gasteiger partial charge is 0.225 e. The Morgan fingerprint density at radius 1 is 0.739 bits per heavy atom. The molecule has 1 heterocycles. The van der Waals surface area contributed by atoms with Crippen molar-refractivity contribution in [1.29, 1.82) is 0 Å². The van der Waals surface area contributed by atoms with Gasteiger partial charge in [0.15, 0.2) is 0 Å². The van der Waals surface area contributed by atoms with Crippen molar-refractivity contribution >= 4 is 11.9 Å². The lowest BCUT2D eigenvalue weighted by molar-refractivity contribution is 0.586. The van der Waals surface area contributed by atoms with Gasteiger partial charge in [-0.15, -0.1) is 0 Å². The summed E-state index contributed by atoms with van der Waals surface area (Å²) in [5.41, 5.74) is 13.6. The monoisotopic (exact) mass is 306 g/mol. The van der Waals surface area contributed by atoms with Crippen LogP contribution in [0.5, 0.6) is 0 Å². The maximum Gasteiger partial charge on any atom is 0.225 e. The van der Waals surface area contributed by atoms with Crippen molar-refractivity contribution in [2.75, 3.05) is 11.5 Å². The van der Waals surface area contributed by atoms with Crippen molar-refractivity contribution in [2.24, 2.45) is 0 Å². The molecule has 1 aromatic heterocycles. The minimum absolute atomic E-state index is 0.0246. The molecule has 0 saturated carbocycles. The van der Waals surface area contributed by atoms with Gasteiger partial charge in [0.25, 0.3) is 0 Å². The highest BCUT2D eigenvalue weighted by Crippen LogP contribution is 2.22. The quantitative estimate of drug-likeness (QED) is 0.665. The first-order valence-corrected chi connectivity index (χ1v) is 7.31. The summed E-state index contributed by atoms with van der Waals surface area (Å²) in [6.07, 6.45) is 0. The maximum absolute atomic E-state index is 5.62. The van der Waals surface area contributed by atoms with Gasteiger partial charge in [-0.3, -0.25) is 5.32 Å². The molecule has 0 fully saturated rings. The van der Waals surface area contributed by atoms with Crippen LogP contribution in [0.1, 0.15) is 23.0 Å². The molecule has 0 aliphatic carbocycles. The number of nitrogens with one attached hydrogen (secondary N) is 1. The summed E-state index contributed by atoms with van der Waals surface area (Å²) in [5.74, 6) is 0.780. The predicted octanol–water partition coefficient (Wildman–Crippen LogP) is 1.92. The summed E-state index contributed by atoms with van der Waals surface area (Å²) >= 11 is 0. The molecule has 3 rings (SSSR count). The van der Waals surface area contributed by atoms with Crippen LogP contribution in [0, 0.1) is 0 Å². The number of rotatable bonds is 5. The second-order valence-electron chi connectivity index (χ2n) is 5.10. The Morgan fingerprint density at radius 3 is 1.70 bits per heavy atom. The van der Waals surface area contributed by atoms with E-state index >= 15 is 0 Å². The molecule has 0 spiro atoms. The van der Waals surface area contributed by atoms with Gasteiger partial charge >= 0.3 is 0 Å². The molecule has 2 aromatic carbocycles. The average Bonchev–Trinajstić information content (AvgIpc) is 2.56. The minimum Gasteiger partial charge on any atom is -0.368 e. The molecule has 0 unspecified atom stereocenters. The molecule has 5 N–H and O–H groups in total. The maximum atomic E-state index is 5.62. The van der Waals surface area contributed by atoms with Gasteiger partial charge < -0.3 is 11.5 Å². The van der Waals surface area contributed by atoms with Crippen LogP contribution in [-0.4, -0.2) is 15.0 Å². The van der Waals surface area contributed by atoms with Crippen molar-refractivity contribution in [3.05, 3.63) is 77.6 Å². The zero-order valence-electron chi connectivity index (χ0n) is 12.6. The number of nitrogens with two attached hydrogens (primary N) is 2. The van der Waals surface area contributed by atoms with E-state index in [0.29, 0.717) is 12.4 Å². The molecule has 0 bridgehead atoms. The normalized spacial score (nSPS) is 10.8. The van der Waals surface area contributed by atoms with Gasteiger partial charge in [0.05, 0.1) is 12.6 Å². The van der Waals surface area contributed by atoms with Crippen LogP contribution in [0.3, 0.4) is 0 Å². The van der Waals surface area contributed by atoms with Gasteiger partial charge in [0.2, 0.25) is 11.9 Å². The van der Waals surface area contributed by atoms with Crippen molar-refractivity contribution < 1.29 is 0 Å². The SMILES string of the molecule is Nc1nc(N)nc(CNC(c2ccccc2)c2ccccc2)n1. The third-order valence-corrected chi connectivity index (χ3v) is 3.45. The zero-order chi connectivity index (χ0) is 16.1. The highest BCUT2D eigenvalue weighted by molar-refractivity contribution is 5.32. The highest BCUT2D eigenvalue weighted by Gasteiger charge is 2.14. The Bertz CT molecular complexity index is 701. The van der Waals surface area contributed by atoms with Gasteiger partial charge in [0.1, 0.15) is 5.82 Å². The van der Waals surface area contributed by atoms with Crippen LogP contribution < -0.4 is 16.8 Å². The van der Waals surface area contributed by atoms with E-state index in [1.807, 2.05) is 36.4 Å². The lowest BCUT2D eigenvalue weighted by Crippen LogP contribution is -2.23. The van der Waals surface area contributed by atoms with Crippen molar-refractivity contribution in [3.8, 4) is 0 Å². The van der Waals surface area contributed by atoms with E-state index in [2.05, 4.69) is 44.5 Å². The molecule has 0 atom stereocenters. The Morgan fingerprint density at radius 2 is 1.22 bits per heavy atom. The molecule has 3 aromatic rings. The highest BCUT2D eigenvalue weighted by atomic mass is 15.2. The van der Waals surface area contributed by atoms with Crippen molar-refractivity contribution in [1.82, 2.24) is 20.3 Å². The minimum atomic E-state index is 0.0246. The van der Waals surface area contributed by atoms with Gasteiger partial charge in [-0.05, 0) is 11.1 Å². The number of benzene rings is 2. The van der Waals surface area contributed by atoms with E-state index < -0.39 is 0 Å². The van der Waals surface area contributed by atoms with Gasteiger partial charge in [-0.25, -0.2) is 0 Å². The van der Waals surface area contributed by atoms with Crippen LogP contribution in [0.15, 0.2) is 60.7 Å². The lowest BCUT2D eigenvalue weighted by Gasteiger charge is -2.19. The lowest BCUT2D eigenvalue weighted by atomic mass is 9.99. The number of aromatic nitrogens is 3. The molecule has 0 saturated heterocycles. The van der Waals surface area contributed by atoms with E-state index in [4.69, 9.17) is 11.5 Å². The summed E-state index contributed by atoms with van der Waals surface area (Å²) < 4.78 is 0. The fourth-order valence-corrected chi connectivity index (χ4v) is 2.45. The summed E-state index contributed by atoms with van der Waals surface area (Å²) in [7, 11) is 0. The van der Waals surface area contributed by atoms with Gasteiger partial charge in [-0.2, -0.15) is 15.0 Å². The van der Waals surface area contributed by atoms with Crippen LogP contribution in [-0.2, 0) is 6.54 Å². The van der Waals surface area contributed by atoms with E-state index in [1.165, 1.54) is 0 Å². The molecular weight excluding hydrogens is 288 g/mol. The molecule has 0 amide bonds. The first-order valence-electron chi connectivity index (χ1n) is 7.31. The van der Waals surface area contributed by atoms with E-state index in [9.17, 15) is 0 Å². The van der Waals surface area contributed by atoms with E-state index in [-0.39, 0.29) is 17.9 Å². The molecule has 116 valence electrons. The predicted molar refractivity (Wildman–Crippen MR) is 90.2 cm³/mol.